The highest BCUT2D eigenvalue weighted by atomic mass is 79.9. The molecule has 0 saturated carbocycles. The number of aromatic nitrogens is 2. The molecule has 1 N–H and O–H groups in total. The number of aryl methyl sites for hydroxylation is 1. The molecule has 0 unspecified atom stereocenters. The van der Waals surface area contributed by atoms with Crippen LogP contribution < -0.4 is 5.32 Å². The molecule has 0 aromatic carbocycles. The summed E-state index contributed by atoms with van der Waals surface area (Å²) in [6, 6.07) is 3.76. The van der Waals surface area contributed by atoms with Crippen LogP contribution in [0, 0.1) is 6.92 Å². The summed E-state index contributed by atoms with van der Waals surface area (Å²) in [6.07, 6.45) is 1.83. The van der Waals surface area contributed by atoms with Crippen LogP contribution in [0.2, 0.25) is 0 Å². The SMILES string of the molecule is COCCNC(=O)c1c(C)nc2ccc(Br)cn12. The lowest BCUT2D eigenvalue weighted by Gasteiger charge is -2.05. The first-order valence-electron chi connectivity index (χ1n) is 5.55. The van der Waals surface area contributed by atoms with Crippen molar-refractivity contribution in [3.63, 3.8) is 0 Å². The zero-order chi connectivity index (χ0) is 13.1. The van der Waals surface area contributed by atoms with Crippen LogP contribution in [0.15, 0.2) is 22.8 Å². The number of nitrogens with zero attached hydrogens (tertiary/aromatic N) is 2. The lowest BCUT2D eigenvalue weighted by molar-refractivity contribution is 0.0930. The van der Waals surface area contributed by atoms with Gasteiger partial charge in [-0.05, 0) is 35.0 Å². The summed E-state index contributed by atoms with van der Waals surface area (Å²) < 4.78 is 7.58. The number of halogens is 1. The standard InChI is InChI=1S/C12H14BrN3O2/c1-8-11(12(17)14-5-6-18-2)16-7-9(13)3-4-10(16)15-8/h3-4,7H,5-6H2,1-2H3,(H,14,17). The average molecular weight is 312 g/mol. The molecule has 0 bridgehead atoms. The van der Waals surface area contributed by atoms with Crippen LogP contribution >= 0.6 is 15.9 Å². The van der Waals surface area contributed by atoms with Crippen molar-refractivity contribution in [3.05, 3.63) is 34.2 Å². The molecule has 5 nitrogen and oxygen atoms in total. The van der Waals surface area contributed by atoms with Gasteiger partial charge in [0, 0.05) is 24.3 Å². The number of pyridine rings is 1. The molecule has 18 heavy (non-hydrogen) atoms. The van der Waals surface area contributed by atoms with Crippen LogP contribution in [0.3, 0.4) is 0 Å². The molecule has 0 aliphatic carbocycles. The number of rotatable bonds is 4. The van der Waals surface area contributed by atoms with Crippen LogP contribution in [0.4, 0.5) is 0 Å². The molecule has 0 atom stereocenters. The molecule has 0 aliphatic rings. The summed E-state index contributed by atoms with van der Waals surface area (Å²) in [4.78, 5) is 16.4. The molecule has 2 aromatic rings. The van der Waals surface area contributed by atoms with Gasteiger partial charge in [0.25, 0.3) is 5.91 Å². The predicted octanol–water partition coefficient (Wildman–Crippen LogP) is 1.78. The molecule has 0 fully saturated rings. The zero-order valence-corrected chi connectivity index (χ0v) is 11.8. The van der Waals surface area contributed by atoms with E-state index in [4.69, 9.17) is 4.74 Å². The maximum Gasteiger partial charge on any atom is 0.270 e. The summed E-state index contributed by atoms with van der Waals surface area (Å²) in [5.74, 6) is -0.143. The molecular formula is C12H14BrN3O2. The van der Waals surface area contributed by atoms with Crippen molar-refractivity contribution >= 4 is 27.5 Å². The molecule has 2 heterocycles. The largest absolute Gasteiger partial charge is 0.383 e. The number of methoxy groups -OCH3 is 1. The van der Waals surface area contributed by atoms with Gasteiger partial charge in [0.1, 0.15) is 11.3 Å². The summed E-state index contributed by atoms with van der Waals surface area (Å²) in [5.41, 5.74) is 2.03. The number of hydrogen-bond donors (Lipinski definition) is 1. The van der Waals surface area contributed by atoms with E-state index in [0.29, 0.717) is 24.5 Å². The van der Waals surface area contributed by atoms with Gasteiger partial charge in [0.15, 0.2) is 0 Å². The van der Waals surface area contributed by atoms with E-state index in [1.165, 1.54) is 0 Å². The average Bonchev–Trinajstić information content (AvgIpc) is 2.64. The van der Waals surface area contributed by atoms with Crippen molar-refractivity contribution in [2.75, 3.05) is 20.3 Å². The number of hydrogen-bond acceptors (Lipinski definition) is 3. The van der Waals surface area contributed by atoms with E-state index in [1.54, 1.807) is 11.5 Å². The second kappa shape index (κ2) is 5.49. The molecule has 0 aliphatic heterocycles. The monoisotopic (exact) mass is 311 g/mol. The van der Waals surface area contributed by atoms with Gasteiger partial charge in [-0.3, -0.25) is 9.20 Å². The Hall–Kier alpha value is -1.40. The quantitative estimate of drug-likeness (QED) is 0.876. The molecule has 1 amide bonds. The van der Waals surface area contributed by atoms with E-state index in [1.807, 2.05) is 25.3 Å². The Labute approximate surface area is 113 Å². The molecular weight excluding hydrogens is 298 g/mol. The van der Waals surface area contributed by atoms with Gasteiger partial charge in [0.2, 0.25) is 0 Å². The highest BCUT2D eigenvalue weighted by Gasteiger charge is 2.16. The van der Waals surface area contributed by atoms with E-state index in [9.17, 15) is 4.79 Å². The minimum absolute atomic E-state index is 0.143. The lowest BCUT2D eigenvalue weighted by atomic mass is 10.3. The van der Waals surface area contributed by atoms with E-state index < -0.39 is 0 Å². The third-order valence-corrected chi connectivity index (χ3v) is 3.03. The number of carbonyl (C=O) groups is 1. The van der Waals surface area contributed by atoms with Crippen molar-refractivity contribution in [1.82, 2.24) is 14.7 Å². The van der Waals surface area contributed by atoms with Gasteiger partial charge in [-0.15, -0.1) is 0 Å². The minimum atomic E-state index is -0.143. The third-order valence-electron chi connectivity index (χ3n) is 2.56. The molecule has 96 valence electrons. The number of amides is 1. The predicted molar refractivity (Wildman–Crippen MR) is 71.8 cm³/mol. The Morgan fingerprint density at radius 2 is 2.33 bits per heavy atom. The van der Waals surface area contributed by atoms with Crippen molar-refractivity contribution < 1.29 is 9.53 Å². The van der Waals surface area contributed by atoms with Crippen LogP contribution in [0.1, 0.15) is 16.2 Å². The maximum absolute atomic E-state index is 12.1. The van der Waals surface area contributed by atoms with Gasteiger partial charge < -0.3 is 10.1 Å². The summed E-state index contributed by atoms with van der Waals surface area (Å²) in [6.45, 7) is 2.80. The highest BCUT2D eigenvalue weighted by molar-refractivity contribution is 9.10. The number of imidazole rings is 1. The van der Waals surface area contributed by atoms with Crippen LogP contribution in [-0.2, 0) is 4.74 Å². The first kappa shape index (κ1) is 13.0. The Balaban J connectivity index is 2.34. The first-order valence-corrected chi connectivity index (χ1v) is 6.34. The van der Waals surface area contributed by atoms with Crippen molar-refractivity contribution in [2.24, 2.45) is 0 Å². The second-order valence-corrected chi connectivity index (χ2v) is 4.79. The summed E-state index contributed by atoms with van der Waals surface area (Å²) in [5, 5.41) is 2.80. The highest BCUT2D eigenvalue weighted by Crippen LogP contribution is 2.16. The fourth-order valence-corrected chi connectivity index (χ4v) is 2.10. The molecule has 0 saturated heterocycles. The third kappa shape index (κ3) is 2.54. The minimum Gasteiger partial charge on any atom is -0.383 e. The van der Waals surface area contributed by atoms with Crippen LogP contribution in [-0.4, -0.2) is 35.6 Å². The summed E-state index contributed by atoms with van der Waals surface area (Å²) >= 11 is 3.39. The Kier molecular flexibility index (Phi) is 3.98. The van der Waals surface area contributed by atoms with Gasteiger partial charge in [0.05, 0.1) is 12.3 Å². The van der Waals surface area contributed by atoms with Gasteiger partial charge in [-0.1, -0.05) is 0 Å². The molecule has 6 heteroatoms. The Morgan fingerprint density at radius 1 is 1.56 bits per heavy atom. The zero-order valence-electron chi connectivity index (χ0n) is 10.2. The number of carbonyl (C=O) groups excluding carboxylic acids is 1. The number of ether oxygens (including phenoxy) is 1. The van der Waals surface area contributed by atoms with Crippen LogP contribution in [0.25, 0.3) is 5.65 Å². The maximum atomic E-state index is 12.1. The molecule has 0 radical (unpaired) electrons. The van der Waals surface area contributed by atoms with E-state index >= 15 is 0 Å². The van der Waals surface area contributed by atoms with Gasteiger partial charge in [-0.25, -0.2) is 4.98 Å². The number of fused-ring (bicyclic) bond motifs is 1. The fourth-order valence-electron chi connectivity index (χ4n) is 1.76. The van der Waals surface area contributed by atoms with E-state index in [2.05, 4.69) is 26.2 Å². The van der Waals surface area contributed by atoms with Crippen molar-refractivity contribution in [2.45, 2.75) is 6.92 Å². The van der Waals surface area contributed by atoms with Gasteiger partial charge in [-0.2, -0.15) is 0 Å². The first-order chi connectivity index (χ1) is 8.63. The second-order valence-electron chi connectivity index (χ2n) is 3.87. The lowest BCUT2D eigenvalue weighted by Crippen LogP contribution is -2.28. The summed E-state index contributed by atoms with van der Waals surface area (Å²) in [7, 11) is 1.60. The molecule has 2 rings (SSSR count). The molecule has 0 spiro atoms. The Bertz CT molecular complexity index is 580. The normalized spacial score (nSPS) is 10.8. The van der Waals surface area contributed by atoms with E-state index in [0.717, 1.165) is 10.1 Å². The van der Waals surface area contributed by atoms with Crippen molar-refractivity contribution in [1.29, 1.82) is 0 Å². The van der Waals surface area contributed by atoms with Gasteiger partial charge >= 0.3 is 0 Å². The Morgan fingerprint density at radius 3 is 3.06 bits per heavy atom. The number of nitrogens with one attached hydrogen (secondary N) is 1. The topological polar surface area (TPSA) is 55.6 Å². The molecule has 2 aromatic heterocycles. The smallest absolute Gasteiger partial charge is 0.270 e. The van der Waals surface area contributed by atoms with E-state index in [-0.39, 0.29) is 5.91 Å². The van der Waals surface area contributed by atoms with Crippen LogP contribution in [0.5, 0.6) is 0 Å². The fraction of sp³-hybridized carbons (Fsp3) is 0.333. The van der Waals surface area contributed by atoms with Crippen molar-refractivity contribution in [3.8, 4) is 0 Å².